The van der Waals surface area contributed by atoms with Crippen molar-refractivity contribution < 1.29 is 10.2 Å². The summed E-state index contributed by atoms with van der Waals surface area (Å²) < 4.78 is 0. The van der Waals surface area contributed by atoms with Crippen LogP contribution in [0.3, 0.4) is 0 Å². The zero-order chi connectivity index (χ0) is 14.9. The van der Waals surface area contributed by atoms with E-state index in [0.29, 0.717) is 19.3 Å². The van der Waals surface area contributed by atoms with Gasteiger partial charge in [0.25, 0.3) is 0 Å². The van der Waals surface area contributed by atoms with Crippen molar-refractivity contribution in [1.29, 1.82) is 0 Å². The Hall–Kier alpha value is -2.08. The van der Waals surface area contributed by atoms with Crippen LogP contribution in [0, 0.1) is 11.8 Å². The summed E-state index contributed by atoms with van der Waals surface area (Å²) in [6.07, 6.45) is 0.490. The average molecular weight is 280 g/mol. The number of benzene rings is 2. The van der Waals surface area contributed by atoms with E-state index >= 15 is 0 Å². The van der Waals surface area contributed by atoms with E-state index in [1.165, 1.54) is 0 Å². The number of hydrogen-bond donors (Lipinski definition) is 2. The smallest absolute Gasteiger partial charge is 0.115 e. The van der Waals surface area contributed by atoms with Crippen LogP contribution < -0.4 is 0 Å². The van der Waals surface area contributed by atoms with Crippen molar-refractivity contribution >= 4 is 0 Å². The Morgan fingerprint density at radius 1 is 0.810 bits per heavy atom. The van der Waals surface area contributed by atoms with Gasteiger partial charge in [-0.15, -0.1) is 0 Å². The van der Waals surface area contributed by atoms with Gasteiger partial charge in [0.15, 0.2) is 0 Å². The molecular weight excluding hydrogens is 260 g/mol. The normalized spacial score (nSPS) is 13.0. The highest BCUT2D eigenvalue weighted by Gasteiger charge is 2.08. The molecule has 2 atom stereocenters. The second-order valence-corrected chi connectivity index (χ2v) is 5.07. The van der Waals surface area contributed by atoms with E-state index in [2.05, 4.69) is 11.8 Å². The number of aliphatic hydroxyl groups is 2. The fourth-order valence-corrected chi connectivity index (χ4v) is 2.10. The van der Waals surface area contributed by atoms with E-state index in [1.807, 2.05) is 60.7 Å². The summed E-state index contributed by atoms with van der Waals surface area (Å²) in [5, 5.41) is 19.8. The molecule has 0 amide bonds. The van der Waals surface area contributed by atoms with Crippen molar-refractivity contribution in [2.45, 2.75) is 31.5 Å². The lowest BCUT2D eigenvalue weighted by atomic mass is 10.0. The fourth-order valence-electron chi connectivity index (χ4n) is 2.10. The molecule has 0 heterocycles. The summed E-state index contributed by atoms with van der Waals surface area (Å²) >= 11 is 0. The van der Waals surface area contributed by atoms with Gasteiger partial charge in [0.1, 0.15) is 6.10 Å². The highest BCUT2D eigenvalue weighted by atomic mass is 16.3. The molecule has 1 unspecified atom stereocenters. The lowest BCUT2D eigenvalue weighted by Gasteiger charge is -2.11. The van der Waals surface area contributed by atoms with Crippen LogP contribution in [0.4, 0.5) is 0 Å². The van der Waals surface area contributed by atoms with Gasteiger partial charge in [0, 0.05) is 5.56 Å². The van der Waals surface area contributed by atoms with E-state index < -0.39 is 12.2 Å². The standard InChI is InChI=1S/C19H20O2/c20-18(12-11-16-7-3-1-4-8-16)13-14-19(21)15-17-9-5-2-6-10-17/h1-10,18-21H,13-15H2/t18?,19-/m1/s1. The molecule has 0 aliphatic rings. The maximum atomic E-state index is 9.98. The molecule has 0 radical (unpaired) electrons. The summed E-state index contributed by atoms with van der Waals surface area (Å²) in [7, 11) is 0. The molecule has 0 spiro atoms. The molecule has 108 valence electrons. The molecule has 0 saturated heterocycles. The third-order valence-electron chi connectivity index (χ3n) is 3.24. The van der Waals surface area contributed by atoms with Gasteiger partial charge >= 0.3 is 0 Å². The molecule has 2 N–H and O–H groups in total. The Bertz CT molecular complexity index is 581. The zero-order valence-electron chi connectivity index (χ0n) is 11.9. The second kappa shape index (κ2) is 8.26. The lowest BCUT2D eigenvalue weighted by molar-refractivity contribution is 0.136. The van der Waals surface area contributed by atoms with Crippen molar-refractivity contribution in [2.24, 2.45) is 0 Å². The maximum Gasteiger partial charge on any atom is 0.115 e. The van der Waals surface area contributed by atoms with Crippen molar-refractivity contribution in [3.8, 4) is 11.8 Å². The minimum atomic E-state index is -0.698. The van der Waals surface area contributed by atoms with Crippen molar-refractivity contribution in [2.75, 3.05) is 0 Å². The van der Waals surface area contributed by atoms with Crippen LogP contribution in [-0.4, -0.2) is 22.4 Å². The quantitative estimate of drug-likeness (QED) is 0.827. The van der Waals surface area contributed by atoms with Crippen LogP contribution in [-0.2, 0) is 6.42 Å². The third-order valence-corrected chi connectivity index (χ3v) is 3.24. The van der Waals surface area contributed by atoms with E-state index in [1.54, 1.807) is 0 Å². The van der Waals surface area contributed by atoms with Gasteiger partial charge in [-0.05, 0) is 37.0 Å². The zero-order valence-corrected chi connectivity index (χ0v) is 11.9. The van der Waals surface area contributed by atoms with Crippen LogP contribution in [0.5, 0.6) is 0 Å². The van der Waals surface area contributed by atoms with Gasteiger partial charge in [-0.2, -0.15) is 0 Å². The van der Waals surface area contributed by atoms with Crippen LogP contribution in [0.15, 0.2) is 60.7 Å². The topological polar surface area (TPSA) is 40.5 Å². The lowest BCUT2D eigenvalue weighted by Crippen LogP contribution is -2.14. The van der Waals surface area contributed by atoms with Crippen molar-refractivity contribution in [3.63, 3.8) is 0 Å². The van der Waals surface area contributed by atoms with E-state index in [9.17, 15) is 10.2 Å². The molecule has 0 saturated carbocycles. The molecule has 2 nitrogen and oxygen atoms in total. The molecule has 2 aromatic carbocycles. The van der Waals surface area contributed by atoms with Crippen molar-refractivity contribution in [3.05, 3.63) is 71.8 Å². The SMILES string of the molecule is OC(C#Cc1ccccc1)CC[C@@H](O)Cc1ccccc1. The molecule has 0 bridgehead atoms. The monoisotopic (exact) mass is 280 g/mol. The Labute approximate surface area is 126 Å². The maximum absolute atomic E-state index is 9.98. The predicted molar refractivity (Wildman–Crippen MR) is 84.7 cm³/mol. The Kier molecular flexibility index (Phi) is 6.02. The first kappa shape index (κ1) is 15.3. The van der Waals surface area contributed by atoms with Gasteiger partial charge in [-0.3, -0.25) is 0 Å². The Morgan fingerprint density at radius 3 is 2.10 bits per heavy atom. The third kappa shape index (κ3) is 5.83. The minimum absolute atomic E-state index is 0.444. The predicted octanol–water partition coefficient (Wildman–Crippen LogP) is 2.78. The van der Waals surface area contributed by atoms with Crippen LogP contribution in [0.1, 0.15) is 24.0 Å². The first-order valence-electron chi connectivity index (χ1n) is 7.20. The molecule has 0 aromatic heterocycles. The second-order valence-electron chi connectivity index (χ2n) is 5.07. The largest absolute Gasteiger partial charge is 0.393 e. The molecule has 2 aromatic rings. The molecule has 0 aliphatic heterocycles. The summed E-state index contributed by atoms with van der Waals surface area (Å²) in [6.45, 7) is 0. The summed E-state index contributed by atoms with van der Waals surface area (Å²) in [5.74, 6) is 5.75. The number of hydrogen-bond acceptors (Lipinski definition) is 2. The molecule has 21 heavy (non-hydrogen) atoms. The first-order valence-corrected chi connectivity index (χ1v) is 7.20. The van der Waals surface area contributed by atoms with Crippen LogP contribution in [0.25, 0.3) is 0 Å². The summed E-state index contributed by atoms with van der Waals surface area (Å²) in [5.41, 5.74) is 2.00. The van der Waals surface area contributed by atoms with E-state index in [4.69, 9.17) is 0 Å². The van der Waals surface area contributed by atoms with E-state index in [-0.39, 0.29) is 0 Å². The number of rotatable bonds is 5. The fraction of sp³-hybridized carbons (Fsp3) is 0.263. The Balaban J connectivity index is 1.76. The van der Waals surface area contributed by atoms with Crippen LogP contribution >= 0.6 is 0 Å². The number of aliphatic hydroxyl groups excluding tert-OH is 2. The van der Waals surface area contributed by atoms with E-state index in [0.717, 1.165) is 11.1 Å². The molecule has 2 rings (SSSR count). The van der Waals surface area contributed by atoms with Gasteiger partial charge in [0.05, 0.1) is 6.10 Å². The Morgan fingerprint density at radius 2 is 1.43 bits per heavy atom. The minimum Gasteiger partial charge on any atom is -0.393 e. The highest BCUT2D eigenvalue weighted by molar-refractivity contribution is 5.34. The summed E-state index contributed by atoms with van der Waals surface area (Å²) in [6, 6.07) is 19.4. The molecular formula is C19H20O2. The summed E-state index contributed by atoms with van der Waals surface area (Å²) in [4.78, 5) is 0. The van der Waals surface area contributed by atoms with Gasteiger partial charge in [-0.1, -0.05) is 60.4 Å². The van der Waals surface area contributed by atoms with Gasteiger partial charge < -0.3 is 10.2 Å². The van der Waals surface area contributed by atoms with Gasteiger partial charge in [-0.25, -0.2) is 0 Å². The van der Waals surface area contributed by atoms with Gasteiger partial charge in [0.2, 0.25) is 0 Å². The van der Waals surface area contributed by atoms with Crippen LogP contribution in [0.2, 0.25) is 0 Å². The first-order chi connectivity index (χ1) is 10.2. The molecule has 2 heteroatoms. The molecule has 0 fully saturated rings. The molecule has 0 aliphatic carbocycles. The highest BCUT2D eigenvalue weighted by Crippen LogP contribution is 2.09. The average Bonchev–Trinajstić information content (AvgIpc) is 2.53. The van der Waals surface area contributed by atoms with Crippen molar-refractivity contribution in [1.82, 2.24) is 0 Å².